The molecule has 0 N–H and O–H groups in total. The quantitative estimate of drug-likeness (QED) is 0.870. The second-order valence-corrected chi connectivity index (χ2v) is 6.34. The second-order valence-electron chi connectivity index (χ2n) is 6.34. The van der Waals surface area contributed by atoms with Crippen molar-refractivity contribution < 1.29 is 9.18 Å². The van der Waals surface area contributed by atoms with Crippen LogP contribution in [0.1, 0.15) is 18.9 Å². The third-order valence-electron chi connectivity index (χ3n) is 4.56. The van der Waals surface area contributed by atoms with Gasteiger partial charge < -0.3 is 9.80 Å². The number of carbonyl (C=O) groups excluding carboxylic acids is 1. The molecule has 3 rings (SSSR count). The molecule has 1 atom stereocenters. The van der Waals surface area contributed by atoms with Gasteiger partial charge in [0.15, 0.2) is 0 Å². The first-order chi connectivity index (χ1) is 11.0. The number of likely N-dealkylation sites (tertiary alicyclic amines) is 1. The highest BCUT2D eigenvalue weighted by Crippen LogP contribution is 2.25. The molecule has 2 heterocycles. The number of fused-ring (bicyclic) bond motifs is 1. The number of hydrogen-bond acceptors (Lipinski definition) is 3. The van der Waals surface area contributed by atoms with Crippen LogP contribution in [0.5, 0.6) is 0 Å². The van der Waals surface area contributed by atoms with Gasteiger partial charge in [-0.2, -0.15) is 0 Å². The first-order valence-electron chi connectivity index (χ1n) is 8.03. The van der Waals surface area contributed by atoms with Gasteiger partial charge in [-0.15, -0.1) is 0 Å². The van der Waals surface area contributed by atoms with Crippen LogP contribution in [-0.2, 0) is 4.79 Å². The summed E-state index contributed by atoms with van der Waals surface area (Å²) < 4.78 is 13.5. The third kappa shape index (κ3) is 3.14. The highest BCUT2D eigenvalue weighted by molar-refractivity contribution is 5.84. The minimum atomic E-state index is -0.274. The van der Waals surface area contributed by atoms with Crippen LogP contribution < -0.4 is 4.90 Å². The van der Waals surface area contributed by atoms with Crippen molar-refractivity contribution in [2.45, 2.75) is 20.3 Å². The molecule has 0 aliphatic carbocycles. The largest absolute Gasteiger partial charge is 0.359 e. The van der Waals surface area contributed by atoms with E-state index in [0.717, 1.165) is 36.4 Å². The Labute approximate surface area is 135 Å². The number of halogens is 1. The van der Waals surface area contributed by atoms with Crippen molar-refractivity contribution in [2.75, 3.05) is 31.6 Å². The summed E-state index contributed by atoms with van der Waals surface area (Å²) in [5.41, 5.74) is 1.75. The Balaban J connectivity index is 1.81. The average molecular weight is 315 g/mol. The van der Waals surface area contributed by atoms with Gasteiger partial charge in [-0.1, -0.05) is 0 Å². The zero-order valence-corrected chi connectivity index (χ0v) is 13.8. The monoisotopic (exact) mass is 315 g/mol. The first kappa shape index (κ1) is 15.7. The maximum atomic E-state index is 13.5. The average Bonchev–Trinajstić information content (AvgIpc) is 2.86. The maximum Gasteiger partial charge on any atom is 0.222 e. The van der Waals surface area contributed by atoms with Gasteiger partial charge in [0.25, 0.3) is 0 Å². The van der Waals surface area contributed by atoms with Crippen LogP contribution in [-0.4, -0.2) is 42.5 Å². The van der Waals surface area contributed by atoms with Crippen LogP contribution in [0.25, 0.3) is 10.9 Å². The van der Waals surface area contributed by atoms with E-state index in [9.17, 15) is 9.18 Å². The van der Waals surface area contributed by atoms with Crippen LogP contribution in [0.15, 0.2) is 24.3 Å². The van der Waals surface area contributed by atoms with E-state index in [-0.39, 0.29) is 11.7 Å². The van der Waals surface area contributed by atoms with Crippen molar-refractivity contribution in [3.8, 4) is 0 Å². The minimum Gasteiger partial charge on any atom is -0.359 e. The van der Waals surface area contributed by atoms with Crippen molar-refractivity contribution >= 4 is 22.6 Å². The molecule has 1 unspecified atom stereocenters. The van der Waals surface area contributed by atoms with Crippen molar-refractivity contribution in [1.82, 2.24) is 9.88 Å². The number of carbonyl (C=O) groups is 1. The van der Waals surface area contributed by atoms with Crippen LogP contribution >= 0.6 is 0 Å². The zero-order chi connectivity index (χ0) is 16.6. The SMILES string of the molecule is CCN1CC(CN(C)c2cc(C)c3ccc(F)cc3n2)CC1=O. The van der Waals surface area contributed by atoms with Crippen molar-refractivity contribution in [1.29, 1.82) is 0 Å². The molecule has 0 bridgehead atoms. The predicted octanol–water partition coefficient (Wildman–Crippen LogP) is 2.99. The molecular formula is C18H22FN3O. The number of hydrogen-bond donors (Lipinski definition) is 0. The van der Waals surface area contributed by atoms with E-state index in [4.69, 9.17) is 0 Å². The lowest BCUT2D eigenvalue weighted by molar-refractivity contribution is -0.127. The summed E-state index contributed by atoms with van der Waals surface area (Å²) in [5, 5.41) is 0.969. The summed E-state index contributed by atoms with van der Waals surface area (Å²) in [6, 6.07) is 6.72. The molecule has 4 nitrogen and oxygen atoms in total. The topological polar surface area (TPSA) is 36.4 Å². The number of amides is 1. The molecule has 1 aliphatic heterocycles. The summed E-state index contributed by atoms with van der Waals surface area (Å²) >= 11 is 0. The number of rotatable bonds is 4. The fourth-order valence-corrected chi connectivity index (χ4v) is 3.32. The summed E-state index contributed by atoms with van der Waals surface area (Å²) in [6.07, 6.45) is 0.597. The van der Waals surface area contributed by atoms with Gasteiger partial charge in [0.1, 0.15) is 11.6 Å². The lowest BCUT2D eigenvalue weighted by atomic mass is 10.1. The highest BCUT2D eigenvalue weighted by atomic mass is 19.1. The molecule has 0 radical (unpaired) electrons. The maximum absolute atomic E-state index is 13.5. The van der Waals surface area contributed by atoms with Crippen LogP contribution in [0.2, 0.25) is 0 Å². The lowest BCUT2D eigenvalue weighted by Gasteiger charge is -2.23. The fraction of sp³-hybridized carbons (Fsp3) is 0.444. The van der Waals surface area contributed by atoms with E-state index in [1.54, 1.807) is 6.07 Å². The van der Waals surface area contributed by atoms with Gasteiger partial charge in [0.05, 0.1) is 5.52 Å². The van der Waals surface area contributed by atoms with Gasteiger partial charge in [-0.25, -0.2) is 9.37 Å². The third-order valence-corrected chi connectivity index (χ3v) is 4.56. The smallest absolute Gasteiger partial charge is 0.222 e. The summed E-state index contributed by atoms with van der Waals surface area (Å²) in [7, 11) is 1.98. The fourth-order valence-electron chi connectivity index (χ4n) is 3.32. The number of aromatic nitrogens is 1. The Bertz CT molecular complexity index is 746. The number of aryl methyl sites for hydroxylation is 1. The Morgan fingerprint density at radius 3 is 2.87 bits per heavy atom. The molecule has 0 spiro atoms. The molecule has 1 amide bonds. The summed E-state index contributed by atoms with van der Waals surface area (Å²) in [4.78, 5) is 20.4. The van der Waals surface area contributed by atoms with Crippen LogP contribution in [0.4, 0.5) is 10.2 Å². The van der Waals surface area contributed by atoms with Gasteiger partial charge in [0.2, 0.25) is 5.91 Å². The Kier molecular flexibility index (Phi) is 4.20. The van der Waals surface area contributed by atoms with Gasteiger partial charge in [-0.05, 0) is 37.6 Å². The van der Waals surface area contributed by atoms with E-state index in [0.29, 0.717) is 17.9 Å². The van der Waals surface area contributed by atoms with Gasteiger partial charge in [-0.3, -0.25) is 4.79 Å². The normalized spacial score (nSPS) is 18.0. The second kappa shape index (κ2) is 6.14. The molecule has 1 aromatic carbocycles. The van der Waals surface area contributed by atoms with E-state index < -0.39 is 0 Å². The van der Waals surface area contributed by atoms with E-state index in [2.05, 4.69) is 9.88 Å². The number of pyridine rings is 1. The van der Waals surface area contributed by atoms with Gasteiger partial charge >= 0.3 is 0 Å². The minimum absolute atomic E-state index is 0.232. The molecular weight excluding hydrogens is 293 g/mol. The Hall–Kier alpha value is -2.17. The molecule has 1 aliphatic rings. The van der Waals surface area contributed by atoms with Crippen molar-refractivity contribution in [3.05, 3.63) is 35.6 Å². The van der Waals surface area contributed by atoms with Crippen molar-refractivity contribution in [3.63, 3.8) is 0 Å². The van der Waals surface area contributed by atoms with E-state index in [1.165, 1.54) is 12.1 Å². The molecule has 1 aromatic heterocycles. The molecule has 23 heavy (non-hydrogen) atoms. The molecule has 2 aromatic rings. The summed E-state index contributed by atoms with van der Waals surface area (Å²) in [6.45, 7) is 6.37. The summed E-state index contributed by atoms with van der Waals surface area (Å²) in [5.74, 6) is 1.10. The van der Waals surface area contributed by atoms with Crippen molar-refractivity contribution in [2.24, 2.45) is 5.92 Å². The lowest BCUT2D eigenvalue weighted by Crippen LogP contribution is -2.29. The molecule has 1 fully saturated rings. The van der Waals surface area contributed by atoms with E-state index >= 15 is 0 Å². The van der Waals surface area contributed by atoms with Gasteiger partial charge in [0, 0.05) is 50.5 Å². The molecule has 1 saturated heterocycles. The Morgan fingerprint density at radius 1 is 1.39 bits per heavy atom. The van der Waals surface area contributed by atoms with E-state index in [1.807, 2.05) is 31.9 Å². The highest BCUT2D eigenvalue weighted by Gasteiger charge is 2.29. The number of anilines is 1. The first-order valence-corrected chi connectivity index (χ1v) is 8.03. The standard InChI is InChI=1S/C18H22FN3O/c1-4-22-11-13(8-18(22)23)10-21(3)17-7-12(2)15-6-5-14(19)9-16(15)20-17/h5-7,9,13H,4,8,10-11H2,1-3H3. The predicted molar refractivity (Wildman–Crippen MR) is 90.1 cm³/mol. The number of benzene rings is 1. The van der Waals surface area contributed by atoms with Crippen LogP contribution in [0.3, 0.4) is 0 Å². The Morgan fingerprint density at radius 2 is 2.17 bits per heavy atom. The zero-order valence-electron chi connectivity index (χ0n) is 13.8. The molecule has 122 valence electrons. The molecule has 5 heteroatoms. The van der Waals surface area contributed by atoms with Crippen LogP contribution in [0, 0.1) is 18.7 Å². The number of nitrogens with zero attached hydrogens (tertiary/aromatic N) is 3. The molecule has 0 saturated carbocycles.